The normalized spacial score (nSPS) is 8.85. The van der Waals surface area contributed by atoms with Crippen molar-refractivity contribution >= 4 is 5.91 Å². The highest BCUT2D eigenvalue weighted by Crippen LogP contribution is 1.93. The van der Waals surface area contributed by atoms with Crippen LogP contribution in [0.15, 0.2) is 24.5 Å². The number of aromatic nitrogens is 1. The van der Waals surface area contributed by atoms with E-state index in [-0.39, 0.29) is 12.5 Å². The van der Waals surface area contributed by atoms with Gasteiger partial charge in [0.2, 0.25) is 0 Å². The molecule has 0 atom stereocenters. The Bertz CT molecular complexity index is 315. The zero-order valence-electron chi connectivity index (χ0n) is 7.03. The lowest BCUT2D eigenvalue weighted by atomic mass is 10.3. The van der Waals surface area contributed by atoms with Crippen molar-refractivity contribution < 1.29 is 4.79 Å². The van der Waals surface area contributed by atoms with Gasteiger partial charge in [-0.1, -0.05) is 6.07 Å². The van der Waals surface area contributed by atoms with E-state index in [2.05, 4.69) is 15.1 Å². The van der Waals surface area contributed by atoms with Gasteiger partial charge >= 0.3 is 0 Å². The fourth-order valence-electron chi connectivity index (χ4n) is 0.831. The molecule has 1 aromatic heterocycles. The van der Waals surface area contributed by atoms with Gasteiger partial charge in [0.15, 0.2) is 0 Å². The van der Waals surface area contributed by atoms with Gasteiger partial charge in [-0.2, -0.15) is 0 Å². The number of carbonyl (C=O) groups is 1. The second-order valence-electron chi connectivity index (χ2n) is 2.45. The van der Waals surface area contributed by atoms with E-state index in [0.29, 0.717) is 6.54 Å². The van der Waals surface area contributed by atoms with Crippen molar-refractivity contribution in [2.45, 2.75) is 6.54 Å². The Morgan fingerprint density at radius 1 is 1.69 bits per heavy atom. The molecule has 0 aliphatic rings. The van der Waals surface area contributed by atoms with Crippen molar-refractivity contribution in [3.8, 4) is 0 Å². The second kappa shape index (κ2) is 4.88. The largest absolute Gasteiger partial charge is 0.346 e. The van der Waals surface area contributed by atoms with Gasteiger partial charge in [-0.15, -0.1) is 0 Å². The van der Waals surface area contributed by atoms with Crippen LogP contribution < -0.4 is 5.32 Å². The number of pyridine rings is 1. The van der Waals surface area contributed by atoms with Gasteiger partial charge in [0, 0.05) is 18.9 Å². The first-order valence-corrected chi connectivity index (χ1v) is 3.82. The van der Waals surface area contributed by atoms with Crippen LogP contribution in [0, 0.1) is 6.57 Å². The molecule has 0 saturated carbocycles. The number of carbonyl (C=O) groups excluding carboxylic acids is 1. The number of hydrogen-bond donors (Lipinski definition) is 1. The van der Waals surface area contributed by atoms with Crippen LogP contribution >= 0.6 is 0 Å². The van der Waals surface area contributed by atoms with Crippen molar-refractivity contribution in [3.05, 3.63) is 41.5 Å². The van der Waals surface area contributed by atoms with Crippen molar-refractivity contribution in [1.82, 2.24) is 10.3 Å². The number of nitrogens with zero attached hydrogens (tertiary/aromatic N) is 2. The van der Waals surface area contributed by atoms with Crippen LogP contribution in [-0.4, -0.2) is 17.4 Å². The zero-order valence-corrected chi connectivity index (χ0v) is 7.03. The Morgan fingerprint density at radius 3 is 3.15 bits per heavy atom. The Balaban J connectivity index is 2.36. The summed E-state index contributed by atoms with van der Waals surface area (Å²) < 4.78 is 0. The molecule has 13 heavy (non-hydrogen) atoms. The Labute approximate surface area is 76.4 Å². The summed E-state index contributed by atoms with van der Waals surface area (Å²) in [5.41, 5.74) is 0.931. The predicted molar refractivity (Wildman–Crippen MR) is 47.6 cm³/mol. The van der Waals surface area contributed by atoms with E-state index in [4.69, 9.17) is 6.57 Å². The summed E-state index contributed by atoms with van der Waals surface area (Å²) >= 11 is 0. The molecule has 0 unspecified atom stereocenters. The summed E-state index contributed by atoms with van der Waals surface area (Å²) in [5.74, 6) is -0.251. The van der Waals surface area contributed by atoms with Gasteiger partial charge in [-0.25, -0.2) is 6.57 Å². The van der Waals surface area contributed by atoms with E-state index < -0.39 is 0 Å². The molecule has 66 valence electrons. The minimum atomic E-state index is -0.251. The lowest BCUT2D eigenvalue weighted by Gasteiger charge is -1.99. The highest BCUT2D eigenvalue weighted by atomic mass is 16.1. The summed E-state index contributed by atoms with van der Waals surface area (Å²) in [7, 11) is 0. The molecule has 0 aromatic carbocycles. The zero-order chi connectivity index (χ0) is 9.52. The topological polar surface area (TPSA) is 46.4 Å². The maximum Gasteiger partial charge on any atom is 0.300 e. The SMILES string of the molecule is [C-]#[N+]CC(=O)NCc1cccnc1. The Kier molecular flexibility index (Phi) is 3.45. The van der Waals surface area contributed by atoms with Gasteiger partial charge in [-0.3, -0.25) is 9.78 Å². The molecule has 1 amide bonds. The monoisotopic (exact) mass is 175 g/mol. The molecule has 0 bridgehead atoms. The molecule has 4 heteroatoms. The second-order valence-corrected chi connectivity index (χ2v) is 2.45. The van der Waals surface area contributed by atoms with E-state index >= 15 is 0 Å². The molecule has 1 N–H and O–H groups in total. The van der Waals surface area contributed by atoms with Crippen molar-refractivity contribution in [2.75, 3.05) is 6.54 Å². The van der Waals surface area contributed by atoms with Crippen LogP contribution in [0.4, 0.5) is 0 Å². The summed E-state index contributed by atoms with van der Waals surface area (Å²) in [6.45, 7) is 6.79. The lowest BCUT2D eigenvalue weighted by Crippen LogP contribution is -2.24. The molecule has 4 nitrogen and oxygen atoms in total. The first-order valence-electron chi connectivity index (χ1n) is 3.82. The third-order valence-corrected chi connectivity index (χ3v) is 1.44. The third kappa shape index (κ3) is 3.34. The first-order chi connectivity index (χ1) is 6.33. The van der Waals surface area contributed by atoms with Gasteiger partial charge in [0.1, 0.15) is 0 Å². The fraction of sp³-hybridized carbons (Fsp3) is 0.222. The molecule has 0 spiro atoms. The Hall–Kier alpha value is -1.89. The smallest absolute Gasteiger partial charge is 0.300 e. The van der Waals surface area contributed by atoms with Crippen LogP contribution in [0.1, 0.15) is 5.56 Å². The lowest BCUT2D eigenvalue weighted by molar-refractivity contribution is -0.119. The maximum atomic E-state index is 10.9. The summed E-state index contributed by atoms with van der Waals surface area (Å²) in [5, 5.41) is 2.61. The average Bonchev–Trinajstić information content (AvgIpc) is 2.17. The van der Waals surface area contributed by atoms with Crippen molar-refractivity contribution in [2.24, 2.45) is 0 Å². The standard InChI is InChI=1S/C9H9N3O/c1-10-7-9(13)12-6-8-3-2-4-11-5-8/h2-5H,6-7H2,(H,12,13). The third-order valence-electron chi connectivity index (χ3n) is 1.44. The van der Waals surface area contributed by atoms with E-state index in [1.807, 2.05) is 6.07 Å². The van der Waals surface area contributed by atoms with Gasteiger partial charge in [0.25, 0.3) is 12.5 Å². The number of hydrogen-bond acceptors (Lipinski definition) is 2. The molecule has 1 heterocycles. The molecule has 0 saturated heterocycles. The van der Waals surface area contributed by atoms with E-state index in [1.54, 1.807) is 18.5 Å². The summed E-state index contributed by atoms with van der Waals surface area (Å²) in [6, 6.07) is 3.67. The number of rotatable bonds is 3. The van der Waals surface area contributed by atoms with Gasteiger partial charge in [-0.05, 0) is 11.6 Å². The molecule has 1 aromatic rings. The quantitative estimate of drug-likeness (QED) is 0.684. The van der Waals surface area contributed by atoms with Crippen LogP contribution in [0.2, 0.25) is 0 Å². The van der Waals surface area contributed by atoms with Crippen LogP contribution in [0.3, 0.4) is 0 Å². The highest BCUT2D eigenvalue weighted by molar-refractivity contribution is 5.79. The molecule has 0 fully saturated rings. The molecule has 1 rings (SSSR count). The number of amides is 1. The van der Waals surface area contributed by atoms with Gasteiger partial charge < -0.3 is 10.2 Å². The summed E-state index contributed by atoms with van der Waals surface area (Å²) in [4.78, 5) is 17.7. The van der Waals surface area contributed by atoms with Crippen molar-refractivity contribution in [3.63, 3.8) is 0 Å². The number of nitrogens with one attached hydrogen (secondary N) is 1. The van der Waals surface area contributed by atoms with E-state index in [1.165, 1.54) is 0 Å². The minimum absolute atomic E-state index is 0.111. The molecule has 0 aliphatic carbocycles. The van der Waals surface area contributed by atoms with Crippen LogP contribution in [0.5, 0.6) is 0 Å². The minimum Gasteiger partial charge on any atom is -0.346 e. The highest BCUT2D eigenvalue weighted by Gasteiger charge is 2.01. The molecule has 0 radical (unpaired) electrons. The average molecular weight is 175 g/mol. The molecular weight excluding hydrogens is 166 g/mol. The van der Waals surface area contributed by atoms with E-state index in [9.17, 15) is 4.79 Å². The fourth-order valence-corrected chi connectivity index (χ4v) is 0.831. The molecule has 0 aliphatic heterocycles. The first kappa shape index (κ1) is 9.20. The summed E-state index contributed by atoms with van der Waals surface area (Å²) in [6.07, 6.45) is 3.35. The maximum absolute atomic E-state index is 10.9. The Morgan fingerprint density at radius 2 is 2.54 bits per heavy atom. The molecular formula is C9H9N3O. The van der Waals surface area contributed by atoms with Crippen molar-refractivity contribution in [1.29, 1.82) is 0 Å². The van der Waals surface area contributed by atoms with Crippen LogP contribution in [0.25, 0.3) is 4.85 Å². The predicted octanol–water partition coefficient (Wildman–Crippen LogP) is 0.617. The van der Waals surface area contributed by atoms with Gasteiger partial charge in [0.05, 0.1) is 0 Å². The van der Waals surface area contributed by atoms with E-state index in [0.717, 1.165) is 5.56 Å². The van der Waals surface area contributed by atoms with Crippen LogP contribution in [-0.2, 0) is 11.3 Å².